The highest BCUT2D eigenvalue weighted by atomic mass is 19.3. The molecule has 0 N–H and O–H groups in total. The smallest absolute Gasteiger partial charge is 0.387 e. The number of hydrogen-bond donors (Lipinski definition) is 0. The Labute approximate surface area is 133 Å². The predicted molar refractivity (Wildman–Crippen MR) is 81.3 cm³/mol. The van der Waals surface area contributed by atoms with Gasteiger partial charge in [-0.05, 0) is 36.9 Å². The van der Waals surface area contributed by atoms with E-state index in [0.29, 0.717) is 19.7 Å². The second-order valence-corrected chi connectivity index (χ2v) is 5.04. The molecule has 124 valence electrons. The highest BCUT2D eigenvalue weighted by Crippen LogP contribution is 2.17. The molecular formula is C17H18F3NO2. The lowest BCUT2D eigenvalue weighted by atomic mass is 10.2. The van der Waals surface area contributed by atoms with Crippen molar-refractivity contribution in [3.8, 4) is 11.5 Å². The maximum absolute atomic E-state index is 13.4. The Kier molecular flexibility index (Phi) is 6.29. The van der Waals surface area contributed by atoms with Gasteiger partial charge in [0.15, 0.2) is 11.6 Å². The highest BCUT2D eigenvalue weighted by Gasteiger charge is 2.06. The van der Waals surface area contributed by atoms with Crippen LogP contribution >= 0.6 is 0 Å². The summed E-state index contributed by atoms with van der Waals surface area (Å²) in [6, 6.07) is 12.7. The zero-order chi connectivity index (χ0) is 16.7. The van der Waals surface area contributed by atoms with Gasteiger partial charge in [-0.1, -0.05) is 24.3 Å². The summed E-state index contributed by atoms with van der Waals surface area (Å²) in [5, 5.41) is 0. The van der Waals surface area contributed by atoms with Gasteiger partial charge in [0.25, 0.3) is 0 Å². The SMILES string of the molecule is CN(CCOc1ccccc1F)Cc1ccc(OC(F)F)cc1. The number of para-hydroxylation sites is 1. The van der Waals surface area contributed by atoms with Crippen LogP contribution < -0.4 is 9.47 Å². The summed E-state index contributed by atoms with van der Waals surface area (Å²) < 4.78 is 47.2. The van der Waals surface area contributed by atoms with Crippen molar-refractivity contribution in [2.75, 3.05) is 20.2 Å². The van der Waals surface area contributed by atoms with E-state index in [4.69, 9.17) is 4.74 Å². The molecule has 0 saturated heterocycles. The minimum atomic E-state index is -2.82. The molecule has 0 saturated carbocycles. The summed E-state index contributed by atoms with van der Waals surface area (Å²) in [7, 11) is 1.90. The van der Waals surface area contributed by atoms with Gasteiger partial charge in [0.1, 0.15) is 12.4 Å². The van der Waals surface area contributed by atoms with Gasteiger partial charge in [-0.2, -0.15) is 8.78 Å². The van der Waals surface area contributed by atoms with E-state index in [-0.39, 0.29) is 17.3 Å². The monoisotopic (exact) mass is 325 g/mol. The van der Waals surface area contributed by atoms with Crippen molar-refractivity contribution in [1.29, 1.82) is 0 Å². The topological polar surface area (TPSA) is 21.7 Å². The predicted octanol–water partition coefficient (Wildman–Crippen LogP) is 3.94. The van der Waals surface area contributed by atoms with E-state index in [0.717, 1.165) is 5.56 Å². The van der Waals surface area contributed by atoms with Gasteiger partial charge in [-0.25, -0.2) is 4.39 Å². The minimum Gasteiger partial charge on any atom is -0.489 e. The van der Waals surface area contributed by atoms with E-state index < -0.39 is 6.61 Å². The van der Waals surface area contributed by atoms with Crippen molar-refractivity contribution in [1.82, 2.24) is 4.90 Å². The molecule has 0 aliphatic carbocycles. The maximum Gasteiger partial charge on any atom is 0.387 e. The number of hydrogen-bond acceptors (Lipinski definition) is 3. The van der Waals surface area contributed by atoms with Gasteiger partial charge in [-0.3, -0.25) is 4.90 Å². The summed E-state index contributed by atoms with van der Waals surface area (Å²) >= 11 is 0. The normalized spacial score (nSPS) is 11.0. The van der Waals surface area contributed by atoms with Gasteiger partial charge >= 0.3 is 6.61 Å². The molecule has 2 aromatic carbocycles. The Morgan fingerprint density at radius 1 is 1.04 bits per heavy atom. The van der Waals surface area contributed by atoms with Gasteiger partial charge in [0, 0.05) is 13.1 Å². The molecule has 0 bridgehead atoms. The van der Waals surface area contributed by atoms with E-state index >= 15 is 0 Å². The Balaban J connectivity index is 1.76. The molecule has 0 aromatic heterocycles. The molecule has 0 aliphatic heterocycles. The van der Waals surface area contributed by atoms with Crippen molar-refractivity contribution in [3.05, 3.63) is 59.9 Å². The van der Waals surface area contributed by atoms with Crippen molar-refractivity contribution < 1.29 is 22.6 Å². The highest BCUT2D eigenvalue weighted by molar-refractivity contribution is 5.27. The van der Waals surface area contributed by atoms with Crippen LogP contribution in [0.3, 0.4) is 0 Å². The summed E-state index contributed by atoms with van der Waals surface area (Å²) in [5.74, 6) is -0.0199. The van der Waals surface area contributed by atoms with Crippen LogP contribution in [-0.2, 0) is 6.54 Å². The molecule has 0 aliphatic rings. The van der Waals surface area contributed by atoms with E-state index in [1.807, 2.05) is 11.9 Å². The summed E-state index contributed by atoms with van der Waals surface area (Å²) in [6.07, 6.45) is 0. The molecule has 6 heteroatoms. The van der Waals surface area contributed by atoms with Crippen LogP contribution in [0.15, 0.2) is 48.5 Å². The third-order valence-corrected chi connectivity index (χ3v) is 3.17. The van der Waals surface area contributed by atoms with Crippen LogP contribution in [0.5, 0.6) is 11.5 Å². The van der Waals surface area contributed by atoms with Crippen molar-refractivity contribution in [2.24, 2.45) is 0 Å². The molecule has 0 heterocycles. The average molecular weight is 325 g/mol. The van der Waals surface area contributed by atoms with Crippen molar-refractivity contribution >= 4 is 0 Å². The number of alkyl halides is 2. The third kappa shape index (κ3) is 5.83. The maximum atomic E-state index is 13.4. The molecule has 0 spiro atoms. The molecular weight excluding hydrogens is 307 g/mol. The van der Waals surface area contributed by atoms with Crippen molar-refractivity contribution in [3.63, 3.8) is 0 Å². The molecule has 0 radical (unpaired) electrons. The lowest BCUT2D eigenvalue weighted by Gasteiger charge is -2.17. The lowest BCUT2D eigenvalue weighted by Crippen LogP contribution is -2.24. The molecule has 0 fully saturated rings. The Morgan fingerprint density at radius 3 is 2.39 bits per heavy atom. The van der Waals surface area contributed by atoms with Crippen molar-refractivity contribution in [2.45, 2.75) is 13.2 Å². The van der Waals surface area contributed by atoms with Crippen LogP contribution in [0.1, 0.15) is 5.56 Å². The molecule has 0 amide bonds. The van der Waals surface area contributed by atoms with Gasteiger partial charge in [-0.15, -0.1) is 0 Å². The fraction of sp³-hybridized carbons (Fsp3) is 0.294. The van der Waals surface area contributed by atoms with E-state index in [1.165, 1.54) is 18.2 Å². The molecule has 0 unspecified atom stereocenters. The minimum absolute atomic E-state index is 0.134. The summed E-state index contributed by atoms with van der Waals surface area (Å²) in [4.78, 5) is 1.99. The second kappa shape index (κ2) is 8.43. The molecule has 0 atom stereocenters. The largest absolute Gasteiger partial charge is 0.489 e. The fourth-order valence-corrected chi connectivity index (χ4v) is 2.04. The number of likely N-dealkylation sites (N-methyl/N-ethyl adjacent to an activating group) is 1. The van der Waals surface area contributed by atoms with Crippen LogP contribution in [0.2, 0.25) is 0 Å². The van der Waals surface area contributed by atoms with Gasteiger partial charge in [0.2, 0.25) is 0 Å². The summed E-state index contributed by atoms with van der Waals surface area (Å²) in [5.41, 5.74) is 0.958. The van der Waals surface area contributed by atoms with Crippen LogP contribution in [0, 0.1) is 5.82 Å². The number of ether oxygens (including phenoxy) is 2. The Morgan fingerprint density at radius 2 is 1.74 bits per heavy atom. The molecule has 2 aromatic rings. The molecule has 2 rings (SSSR count). The van der Waals surface area contributed by atoms with E-state index in [9.17, 15) is 13.2 Å². The first-order valence-corrected chi connectivity index (χ1v) is 7.14. The zero-order valence-corrected chi connectivity index (χ0v) is 12.7. The Bertz CT molecular complexity index is 605. The third-order valence-electron chi connectivity index (χ3n) is 3.17. The quantitative estimate of drug-likeness (QED) is 0.734. The van der Waals surface area contributed by atoms with E-state index in [1.54, 1.807) is 30.3 Å². The molecule has 23 heavy (non-hydrogen) atoms. The molecule has 3 nitrogen and oxygen atoms in total. The Hall–Kier alpha value is -2.21. The fourth-order valence-electron chi connectivity index (χ4n) is 2.04. The first kappa shape index (κ1) is 17.1. The number of halogens is 3. The number of benzene rings is 2. The standard InChI is InChI=1S/C17H18F3NO2/c1-21(10-11-22-16-5-3-2-4-15(16)18)12-13-6-8-14(9-7-13)23-17(19)20/h2-9,17H,10-12H2,1H3. The lowest BCUT2D eigenvalue weighted by molar-refractivity contribution is -0.0498. The van der Waals surface area contributed by atoms with E-state index in [2.05, 4.69) is 4.74 Å². The number of nitrogens with zero attached hydrogens (tertiary/aromatic N) is 1. The second-order valence-electron chi connectivity index (χ2n) is 5.04. The van der Waals surface area contributed by atoms with Gasteiger partial charge in [0.05, 0.1) is 0 Å². The van der Waals surface area contributed by atoms with Crippen LogP contribution in [-0.4, -0.2) is 31.7 Å². The zero-order valence-electron chi connectivity index (χ0n) is 12.7. The van der Waals surface area contributed by atoms with Gasteiger partial charge < -0.3 is 9.47 Å². The average Bonchev–Trinajstić information content (AvgIpc) is 2.51. The first-order valence-electron chi connectivity index (χ1n) is 7.14. The summed E-state index contributed by atoms with van der Waals surface area (Å²) in [6.45, 7) is -1.25. The first-order chi connectivity index (χ1) is 11.0. The van der Waals surface area contributed by atoms with Crippen LogP contribution in [0.4, 0.5) is 13.2 Å². The van der Waals surface area contributed by atoms with Crippen LogP contribution in [0.25, 0.3) is 0 Å². The number of rotatable bonds is 8.